The van der Waals surface area contributed by atoms with Crippen molar-refractivity contribution in [3.05, 3.63) is 59.4 Å². The molecule has 1 aliphatic heterocycles. The molecule has 1 aliphatic rings. The third kappa shape index (κ3) is 6.46. The molecule has 3 amide bonds. The van der Waals surface area contributed by atoms with Crippen molar-refractivity contribution in [1.82, 2.24) is 4.90 Å². The van der Waals surface area contributed by atoms with Gasteiger partial charge in [0.2, 0.25) is 0 Å². The molecule has 1 saturated heterocycles. The number of ether oxygens (including phenoxy) is 2. The predicted molar refractivity (Wildman–Crippen MR) is 126 cm³/mol. The van der Waals surface area contributed by atoms with Crippen molar-refractivity contribution in [2.24, 2.45) is 5.92 Å². The third-order valence-electron chi connectivity index (χ3n) is 5.64. The van der Waals surface area contributed by atoms with Gasteiger partial charge in [-0.25, -0.2) is 27.6 Å². The number of hydrogen-bond donors (Lipinski definition) is 1. The van der Waals surface area contributed by atoms with Crippen molar-refractivity contribution >= 4 is 29.5 Å². The standard InChI is InChI=1S/C25H28F3N3O5/c1-15(2)14-36-25(34)30-9-7-17(8-10-30)31(18-6-4-5-16(26)11-18)24(33)29-22-12-19(23(32)35-3)20(27)13-21(22)28/h4-6,11-13,15,17H,7-10,14H2,1-3H3,(H,29,33). The van der Waals surface area contributed by atoms with E-state index >= 15 is 0 Å². The molecule has 0 saturated carbocycles. The number of rotatable bonds is 6. The highest BCUT2D eigenvalue weighted by atomic mass is 19.1. The molecule has 1 heterocycles. The van der Waals surface area contributed by atoms with Crippen LogP contribution in [0.2, 0.25) is 0 Å². The lowest BCUT2D eigenvalue weighted by Crippen LogP contribution is -2.50. The van der Waals surface area contributed by atoms with Gasteiger partial charge in [0.15, 0.2) is 0 Å². The van der Waals surface area contributed by atoms with Crippen molar-refractivity contribution in [3.8, 4) is 0 Å². The van der Waals surface area contributed by atoms with Crippen molar-refractivity contribution < 1.29 is 37.0 Å². The first-order valence-corrected chi connectivity index (χ1v) is 11.5. The fourth-order valence-corrected chi connectivity index (χ4v) is 3.84. The van der Waals surface area contributed by atoms with E-state index in [1.165, 1.54) is 28.0 Å². The normalized spacial score (nSPS) is 13.9. The van der Waals surface area contributed by atoms with Gasteiger partial charge in [-0.1, -0.05) is 19.9 Å². The van der Waals surface area contributed by atoms with E-state index in [2.05, 4.69) is 10.1 Å². The molecule has 36 heavy (non-hydrogen) atoms. The molecule has 2 aromatic rings. The summed E-state index contributed by atoms with van der Waals surface area (Å²) in [6.07, 6.45) is 0.243. The molecule has 1 N–H and O–H groups in total. The molecule has 2 aromatic carbocycles. The molecular weight excluding hydrogens is 479 g/mol. The SMILES string of the molecule is COC(=O)c1cc(NC(=O)N(c2cccc(F)c2)C2CCN(C(=O)OCC(C)C)CC2)c(F)cc1F. The molecule has 0 unspecified atom stereocenters. The van der Waals surface area contributed by atoms with Crippen LogP contribution in [0.3, 0.4) is 0 Å². The van der Waals surface area contributed by atoms with E-state index in [4.69, 9.17) is 4.74 Å². The summed E-state index contributed by atoms with van der Waals surface area (Å²) in [5.74, 6) is -3.68. The van der Waals surface area contributed by atoms with Crippen LogP contribution in [0.4, 0.5) is 34.1 Å². The quantitative estimate of drug-likeness (QED) is 0.544. The van der Waals surface area contributed by atoms with Crippen LogP contribution in [-0.4, -0.2) is 55.8 Å². The van der Waals surface area contributed by atoms with E-state index < -0.39 is 52.8 Å². The first kappa shape index (κ1) is 26.8. The minimum absolute atomic E-state index is 0.185. The fourth-order valence-electron chi connectivity index (χ4n) is 3.84. The molecule has 8 nitrogen and oxygen atoms in total. The first-order valence-electron chi connectivity index (χ1n) is 11.5. The number of esters is 1. The number of carbonyl (C=O) groups is 3. The van der Waals surface area contributed by atoms with Gasteiger partial charge in [0.05, 0.1) is 25.0 Å². The number of hydrogen-bond acceptors (Lipinski definition) is 5. The molecule has 0 spiro atoms. The maximum absolute atomic E-state index is 14.5. The summed E-state index contributed by atoms with van der Waals surface area (Å²) in [7, 11) is 1.04. The van der Waals surface area contributed by atoms with Crippen LogP contribution in [-0.2, 0) is 9.47 Å². The van der Waals surface area contributed by atoms with Gasteiger partial charge in [-0.15, -0.1) is 0 Å². The molecule has 194 valence electrons. The maximum atomic E-state index is 14.5. The number of halogens is 3. The Morgan fingerprint density at radius 3 is 2.39 bits per heavy atom. The van der Waals surface area contributed by atoms with Crippen molar-refractivity contribution in [2.45, 2.75) is 32.7 Å². The van der Waals surface area contributed by atoms with Gasteiger partial charge < -0.3 is 19.7 Å². The molecule has 0 atom stereocenters. The Morgan fingerprint density at radius 2 is 1.78 bits per heavy atom. The van der Waals surface area contributed by atoms with Crippen LogP contribution in [0.1, 0.15) is 37.0 Å². The minimum atomic E-state index is -1.14. The third-order valence-corrected chi connectivity index (χ3v) is 5.64. The molecule has 11 heteroatoms. The topological polar surface area (TPSA) is 88.2 Å². The lowest BCUT2D eigenvalue weighted by molar-refractivity contribution is 0.0595. The Balaban J connectivity index is 1.82. The van der Waals surface area contributed by atoms with E-state index in [9.17, 15) is 27.6 Å². The maximum Gasteiger partial charge on any atom is 0.409 e. The van der Waals surface area contributed by atoms with E-state index in [1.807, 2.05) is 13.8 Å². The zero-order chi connectivity index (χ0) is 26.4. The number of nitrogens with zero attached hydrogens (tertiary/aromatic N) is 2. The van der Waals surface area contributed by atoms with E-state index in [0.717, 1.165) is 19.2 Å². The Bertz CT molecular complexity index is 1120. The number of nitrogens with one attached hydrogen (secondary N) is 1. The van der Waals surface area contributed by atoms with Gasteiger partial charge in [0, 0.05) is 30.9 Å². The van der Waals surface area contributed by atoms with Crippen LogP contribution in [0.15, 0.2) is 36.4 Å². The number of benzene rings is 2. The number of amides is 3. The Labute approximate surface area is 207 Å². The highest BCUT2D eigenvalue weighted by Gasteiger charge is 2.32. The molecular formula is C25H28F3N3O5. The van der Waals surface area contributed by atoms with E-state index in [-0.39, 0.29) is 31.3 Å². The average molecular weight is 508 g/mol. The molecule has 0 aliphatic carbocycles. The summed E-state index contributed by atoms with van der Waals surface area (Å²) in [5, 5.41) is 2.35. The summed E-state index contributed by atoms with van der Waals surface area (Å²) in [6, 6.07) is 5.34. The second-order valence-electron chi connectivity index (χ2n) is 8.77. The second-order valence-corrected chi connectivity index (χ2v) is 8.77. The smallest absolute Gasteiger partial charge is 0.409 e. The van der Waals surface area contributed by atoms with E-state index in [1.54, 1.807) is 0 Å². The zero-order valence-corrected chi connectivity index (χ0v) is 20.2. The second kappa shape index (κ2) is 11.8. The molecule has 0 aromatic heterocycles. The van der Waals surface area contributed by atoms with Crippen LogP contribution >= 0.6 is 0 Å². The first-order chi connectivity index (χ1) is 17.1. The number of urea groups is 1. The zero-order valence-electron chi connectivity index (χ0n) is 20.2. The van der Waals surface area contributed by atoms with Gasteiger partial charge >= 0.3 is 18.1 Å². The molecule has 0 radical (unpaired) electrons. The van der Waals surface area contributed by atoms with Gasteiger partial charge in [-0.05, 0) is 43.0 Å². The number of methoxy groups -OCH3 is 1. The minimum Gasteiger partial charge on any atom is -0.465 e. The monoisotopic (exact) mass is 507 g/mol. The Kier molecular flexibility index (Phi) is 8.78. The van der Waals surface area contributed by atoms with Gasteiger partial charge in [-0.2, -0.15) is 0 Å². The van der Waals surface area contributed by atoms with Crippen LogP contribution in [0.5, 0.6) is 0 Å². The summed E-state index contributed by atoms with van der Waals surface area (Å²) < 4.78 is 52.2. The largest absolute Gasteiger partial charge is 0.465 e. The average Bonchev–Trinajstić information content (AvgIpc) is 2.84. The molecule has 1 fully saturated rings. The van der Waals surface area contributed by atoms with Crippen LogP contribution in [0.25, 0.3) is 0 Å². The summed E-state index contributed by atoms with van der Waals surface area (Å²) in [6.45, 7) is 4.71. The Hall–Kier alpha value is -3.76. The predicted octanol–water partition coefficient (Wildman–Crippen LogP) is 5.19. The number of carbonyl (C=O) groups excluding carboxylic acids is 3. The van der Waals surface area contributed by atoms with Gasteiger partial charge in [-0.3, -0.25) is 4.90 Å². The van der Waals surface area contributed by atoms with Crippen molar-refractivity contribution in [3.63, 3.8) is 0 Å². The lowest BCUT2D eigenvalue weighted by atomic mass is 10.0. The molecule has 3 rings (SSSR count). The number of likely N-dealkylation sites (tertiary alicyclic amines) is 1. The Morgan fingerprint density at radius 1 is 1.08 bits per heavy atom. The fraction of sp³-hybridized carbons (Fsp3) is 0.400. The van der Waals surface area contributed by atoms with Crippen molar-refractivity contribution in [2.75, 3.05) is 37.0 Å². The van der Waals surface area contributed by atoms with Crippen LogP contribution < -0.4 is 10.2 Å². The van der Waals surface area contributed by atoms with E-state index in [0.29, 0.717) is 18.9 Å². The summed E-state index contributed by atoms with van der Waals surface area (Å²) in [4.78, 5) is 40.2. The summed E-state index contributed by atoms with van der Waals surface area (Å²) in [5.41, 5.74) is -0.790. The summed E-state index contributed by atoms with van der Waals surface area (Å²) >= 11 is 0. The molecule has 0 bridgehead atoms. The number of anilines is 2. The van der Waals surface area contributed by atoms with Crippen LogP contribution in [0, 0.1) is 23.4 Å². The van der Waals surface area contributed by atoms with Crippen molar-refractivity contribution in [1.29, 1.82) is 0 Å². The van der Waals surface area contributed by atoms with Gasteiger partial charge in [0.25, 0.3) is 0 Å². The van der Waals surface area contributed by atoms with Gasteiger partial charge in [0.1, 0.15) is 17.5 Å². The lowest BCUT2D eigenvalue weighted by Gasteiger charge is -2.38. The highest BCUT2D eigenvalue weighted by molar-refractivity contribution is 6.03. The highest BCUT2D eigenvalue weighted by Crippen LogP contribution is 2.27. The number of piperidine rings is 1.